The predicted molar refractivity (Wildman–Crippen MR) is 63.5 cm³/mol. The standard InChI is InChI=1S/C11H14N4/c1-15(11(12)13)14-9-5-8-10-6-3-2-4-7-10/h2-9H,1H3,(H3,12,13)/p+1. The Bertz CT molecular complexity index is 386. The molecule has 4 nitrogen and oxygen atoms in total. The fraction of sp³-hybridized carbons (Fsp3) is 0.0909. The second kappa shape index (κ2) is 5.59. The third-order valence-corrected chi connectivity index (χ3v) is 1.79. The molecule has 0 unspecified atom stereocenters. The number of hydrazone groups is 1. The number of benzene rings is 1. The summed E-state index contributed by atoms with van der Waals surface area (Å²) in [6.07, 6.45) is 5.41. The molecule has 4 heteroatoms. The SMILES string of the molecule is C[N+](N=CC=Cc1ccccc1)=C(N)N. The van der Waals surface area contributed by atoms with Crippen molar-refractivity contribution in [3.63, 3.8) is 0 Å². The second-order valence-corrected chi connectivity index (χ2v) is 2.98. The largest absolute Gasteiger partial charge is 0.364 e. The van der Waals surface area contributed by atoms with Crippen molar-refractivity contribution in [3.05, 3.63) is 42.0 Å². The first kappa shape index (κ1) is 11.0. The van der Waals surface area contributed by atoms with Gasteiger partial charge in [-0.15, -0.1) is 9.79 Å². The number of hydrogen-bond donors (Lipinski definition) is 2. The van der Waals surface area contributed by atoms with Crippen LogP contribution in [-0.4, -0.2) is 23.9 Å². The number of nitrogens with two attached hydrogens (primary N) is 2. The Morgan fingerprint density at radius 1 is 1.27 bits per heavy atom. The lowest BCUT2D eigenvalue weighted by atomic mass is 10.2. The molecule has 0 spiro atoms. The van der Waals surface area contributed by atoms with Gasteiger partial charge in [0, 0.05) is 0 Å². The summed E-state index contributed by atoms with van der Waals surface area (Å²) in [6, 6.07) is 9.96. The molecule has 0 aromatic heterocycles. The van der Waals surface area contributed by atoms with Gasteiger partial charge in [-0.25, -0.2) is 0 Å². The Morgan fingerprint density at radius 2 is 1.93 bits per heavy atom. The van der Waals surface area contributed by atoms with Crippen molar-refractivity contribution in [1.82, 2.24) is 0 Å². The van der Waals surface area contributed by atoms with Crippen LogP contribution in [0.25, 0.3) is 6.08 Å². The average molecular weight is 203 g/mol. The minimum absolute atomic E-state index is 0.166. The zero-order valence-electron chi connectivity index (χ0n) is 8.67. The number of nitrogens with zero attached hydrogens (tertiary/aromatic N) is 2. The molecule has 4 N–H and O–H groups in total. The van der Waals surface area contributed by atoms with E-state index >= 15 is 0 Å². The van der Waals surface area contributed by atoms with Crippen LogP contribution in [0.15, 0.2) is 41.5 Å². The quantitative estimate of drug-likeness (QED) is 0.327. The Labute approximate surface area is 89.2 Å². The van der Waals surface area contributed by atoms with E-state index in [1.165, 1.54) is 4.68 Å². The Morgan fingerprint density at radius 3 is 2.53 bits per heavy atom. The van der Waals surface area contributed by atoms with Crippen LogP contribution in [-0.2, 0) is 0 Å². The van der Waals surface area contributed by atoms with Crippen molar-refractivity contribution in [2.75, 3.05) is 7.05 Å². The van der Waals surface area contributed by atoms with Gasteiger partial charge >= 0.3 is 5.96 Å². The van der Waals surface area contributed by atoms with E-state index in [4.69, 9.17) is 11.5 Å². The zero-order chi connectivity index (χ0) is 11.1. The van der Waals surface area contributed by atoms with Gasteiger partial charge < -0.3 is 0 Å². The van der Waals surface area contributed by atoms with E-state index in [-0.39, 0.29) is 5.96 Å². The summed E-state index contributed by atoms with van der Waals surface area (Å²) in [4.78, 5) is 0. The number of guanidine groups is 1. The third-order valence-electron chi connectivity index (χ3n) is 1.79. The molecule has 15 heavy (non-hydrogen) atoms. The van der Waals surface area contributed by atoms with Gasteiger partial charge in [0.05, 0.1) is 13.3 Å². The van der Waals surface area contributed by atoms with Crippen molar-refractivity contribution in [1.29, 1.82) is 0 Å². The Kier molecular flexibility index (Phi) is 4.09. The normalized spacial score (nSPS) is 11.0. The molecule has 0 fully saturated rings. The van der Waals surface area contributed by atoms with Gasteiger partial charge in [-0.2, -0.15) is 0 Å². The molecule has 1 rings (SSSR count). The highest BCUT2D eigenvalue weighted by atomic mass is 15.4. The van der Waals surface area contributed by atoms with E-state index in [0.29, 0.717) is 0 Å². The topological polar surface area (TPSA) is 67.4 Å². The molecule has 0 amide bonds. The summed E-state index contributed by atoms with van der Waals surface area (Å²) in [5.74, 6) is 0.166. The van der Waals surface area contributed by atoms with E-state index in [9.17, 15) is 0 Å². The molecule has 0 heterocycles. The van der Waals surface area contributed by atoms with Gasteiger partial charge in [-0.3, -0.25) is 11.5 Å². The fourth-order valence-corrected chi connectivity index (χ4v) is 0.923. The highest BCUT2D eigenvalue weighted by molar-refractivity contribution is 5.78. The van der Waals surface area contributed by atoms with Crippen LogP contribution < -0.4 is 11.5 Å². The molecular weight excluding hydrogens is 188 g/mol. The van der Waals surface area contributed by atoms with E-state index in [0.717, 1.165) is 5.56 Å². The summed E-state index contributed by atoms with van der Waals surface area (Å²) < 4.78 is 1.40. The van der Waals surface area contributed by atoms with Crippen LogP contribution in [0.1, 0.15) is 5.56 Å². The number of rotatable bonds is 3. The van der Waals surface area contributed by atoms with Crippen LogP contribution in [0.2, 0.25) is 0 Å². The van der Waals surface area contributed by atoms with Crippen molar-refractivity contribution in [3.8, 4) is 0 Å². The highest BCUT2D eigenvalue weighted by Gasteiger charge is 1.89. The van der Waals surface area contributed by atoms with Crippen molar-refractivity contribution in [2.45, 2.75) is 0 Å². The van der Waals surface area contributed by atoms with Crippen LogP contribution in [0.3, 0.4) is 0 Å². The highest BCUT2D eigenvalue weighted by Crippen LogP contribution is 1.99. The van der Waals surface area contributed by atoms with Crippen LogP contribution in [0.4, 0.5) is 0 Å². The summed E-state index contributed by atoms with van der Waals surface area (Å²) >= 11 is 0. The first-order chi connectivity index (χ1) is 7.20. The van der Waals surface area contributed by atoms with Crippen LogP contribution in [0.5, 0.6) is 0 Å². The molecular formula is C11H15N4+. The molecule has 0 aliphatic carbocycles. The smallest absolute Gasteiger partial charge is 0.289 e. The lowest BCUT2D eigenvalue weighted by molar-refractivity contribution is -0.503. The van der Waals surface area contributed by atoms with Gasteiger partial charge in [-0.1, -0.05) is 36.4 Å². The summed E-state index contributed by atoms with van der Waals surface area (Å²) in [6.45, 7) is 0. The maximum Gasteiger partial charge on any atom is 0.364 e. The Balaban J connectivity index is 2.58. The second-order valence-electron chi connectivity index (χ2n) is 2.98. The molecule has 0 atom stereocenters. The van der Waals surface area contributed by atoms with E-state index in [1.807, 2.05) is 42.5 Å². The molecule has 1 aromatic carbocycles. The first-order valence-electron chi connectivity index (χ1n) is 4.57. The maximum atomic E-state index is 5.31. The zero-order valence-corrected chi connectivity index (χ0v) is 8.67. The van der Waals surface area contributed by atoms with E-state index in [1.54, 1.807) is 13.3 Å². The summed E-state index contributed by atoms with van der Waals surface area (Å²) in [7, 11) is 1.68. The molecule has 0 radical (unpaired) electrons. The third kappa shape index (κ3) is 4.08. The molecule has 0 saturated heterocycles. The van der Waals surface area contributed by atoms with E-state index < -0.39 is 0 Å². The lowest BCUT2D eigenvalue weighted by Crippen LogP contribution is -2.31. The van der Waals surface area contributed by atoms with Crippen molar-refractivity contribution < 1.29 is 4.68 Å². The van der Waals surface area contributed by atoms with Crippen LogP contribution >= 0.6 is 0 Å². The fourth-order valence-electron chi connectivity index (χ4n) is 0.923. The minimum Gasteiger partial charge on any atom is -0.289 e. The maximum absolute atomic E-state index is 5.31. The predicted octanol–water partition coefficient (Wildman–Crippen LogP) is 0.601. The molecule has 0 saturated carbocycles. The molecule has 0 bridgehead atoms. The average Bonchev–Trinajstić information content (AvgIpc) is 2.25. The Hall–Kier alpha value is -2.10. The van der Waals surface area contributed by atoms with Crippen LogP contribution in [0, 0.1) is 0 Å². The van der Waals surface area contributed by atoms with Gasteiger partial charge in [0.1, 0.15) is 0 Å². The van der Waals surface area contributed by atoms with E-state index in [2.05, 4.69) is 5.10 Å². The summed E-state index contributed by atoms with van der Waals surface area (Å²) in [5.41, 5.74) is 11.7. The van der Waals surface area contributed by atoms with Gasteiger partial charge in [0.2, 0.25) is 0 Å². The monoisotopic (exact) mass is 203 g/mol. The molecule has 0 aliphatic rings. The van der Waals surface area contributed by atoms with Gasteiger partial charge in [-0.05, 0) is 11.6 Å². The van der Waals surface area contributed by atoms with Crippen molar-refractivity contribution in [2.24, 2.45) is 16.6 Å². The van der Waals surface area contributed by atoms with Gasteiger partial charge in [0.15, 0.2) is 0 Å². The molecule has 78 valence electrons. The number of hydrogen-bond acceptors (Lipinski definition) is 1. The molecule has 1 aromatic rings. The lowest BCUT2D eigenvalue weighted by Gasteiger charge is -1.90. The summed E-state index contributed by atoms with van der Waals surface area (Å²) in [5, 5.41) is 3.97. The van der Waals surface area contributed by atoms with Crippen molar-refractivity contribution >= 4 is 18.3 Å². The van der Waals surface area contributed by atoms with Gasteiger partial charge in [0.25, 0.3) is 0 Å². The molecule has 0 aliphatic heterocycles. The minimum atomic E-state index is 0.166. The first-order valence-corrected chi connectivity index (χ1v) is 4.57. The number of allylic oxidation sites excluding steroid dienone is 1.